The van der Waals surface area contributed by atoms with Crippen molar-refractivity contribution in [3.63, 3.8) is 0 Å². The second-order valence-corrected chi connectivity index (χ2v) is 6.21. The number of anilines is 2. The number of rotatable bonds is 9. The van der Waals surface area contributed by atoms with Gasteiger partial charge in [0.2, 0.25) is 17.7 Å². The molecule has 0 atom stereocenters. The van der Waals surface area contributed by atoms with Gasteiger partial charge in [0, 0.05) is 25.2 Å². The maximum absolute atomic E-state index is 12.2. The summed E-state index contributed by atoms with van der Waals surface area (Å²) in [6.45, 7) is 3.29. The number of nitrogens with zero attached hydrogens (tertiary/aromatic N) is 1. The van der Waals surface area contributed by atoms with Gasteiger partial charge in [-0.15, -0.1) is 0 Å². The van der Waals surface area contributed by atoms with Crippen molar-refractivity contribution in [2.24, 2.45) is 0 Å². The van der Waals surface area contributed by atoms with Crippen LogP contribution in [0.4, 0.5) is 11.4 Å². The van der Waals surface area contributed by atoms with Gasteiger partial charge >= 0.3 is 0 Å². The molecule has 0 aliphatic carbocycles. The molecule has 8 heteroatoms. The molecule has 0 saturated carbocycles. The number of hydrogen-bond acceptors (Lipinski definition) is 5. The first-order valence-electron chi connectivity index (χ1n) is 9.08. The molecule has 0 aromatic heterocycles. The Balaban J connectivity index is 1.82. The van der Waals surface area contributed by atoms with E-state index in [-0.39, 0.29) is 24.3 Å². The van der Waals surface area contributed by atoms with E-state index in [0.717, 1.165) is 5.75 Å². The Kier molecular flexibility index (Phi) is 8.02. The summed E-state index contributed by atoms with van der Waals surface area (Å²) in [6.07, 6.45) is 0. The van der Waals surface area contributed by atoms with Crippen LogP contribution in [0.1, 0.15) is 13.8 Å². The molecule has 0 aliphatic rings. The van der Waals surface area contributed by atoms with Crippen LogP contribution in [-0.2, 0) is 14.4 Å². The van der Waals surface area contributed by atoms with E-state index in [0.29, 0.717) is 30.3 Å². The molecule has 0 fully saturated rings. The minimum Gasteiger partial charge on any atom is -0.497 e. The molecule has 2 aromatic carbocycles. The first kappa shape index (κ1) is 21.7. The van der Waals surface area contributed by atoms with E-state index >= 15 is 0 Å². The van der Waals surface area contributed by atoms with Crippen molar-refractivity contribution >= 4 is 29.1 Å². The van der Waals surface area contributed by atoms with Crippen LogP contribution in [-0.4, -0.2) is 44.5 Å². The van der Waals surface area contributed by atoms with Gasteiger partial charge < -0.3 is 25.0 Å². The van der Waals surface area contributed by atoms with Crippen molar-refractivity contribution < 1.29 is 23.9 Å². The Morgan fingerprint density at radius 2 is 1.55 bits per heavy atom. The lowest BCUT2D eigenvalue weighted by Crippen LogP contribution is -2.41. The molecule has 0 unspecified atom stereocenters. The normalized spacial score (nSPS) is 10.0. The number of methoxy groups -OCH3 is 1. The highest BCUT2D eigenvalue weighted by atomic mass is 16.5. The van der Waals surface area contributed by atoms with E-state index in [1.165, 1.54) is 18.7 Å². The Morgan fingerprint density at radius 1 is 0.931 bits per heavy atom. The predicted molar refractivity (Wildman–Crippen MR) is 110 cm³/mol. The van der Waals surface area contributed by atoms with Crippen LogP contribution in [0.3, 0.4) is 0 Å². The summed E-state index contributed by atoms with van der Waals surface area (Å²) in [5.74, 6) is 0.661. The number of amides is 3. The zero-order valence-electron chi connectivity index (χ0n) is 16.7. The molecule has 2 N–H and O–H groups in total. The fraction of sp³-hybridized carbons (Fsp3) is 0.286. The van der Waals surface area contributed by atoms with Crippen LogP contribution < -0.4 is 25.0 Å². The molecular formula is C21H25N3O5. The summed E-state index contributed by atoms with van der Waals surface area (Å²) in [5, 5.41) is 5.38. The summed E-state index contributed by atoms with van der Waals surface area (Å²) in [4.78, 5) is 36.6. The van der Waals surface area contributed by atoms with Gasteiger partial charge in [0.15, 0.2) is 0 Å². The van der Waals surface area contributed by atoms with Crippen molar-refractivity contribution in [2.75, 3.05) is 37.0 Å². The number of nitrogens with one attached hydrogen (secondary N) is 2. The smallest absolute Gasteiger partial charge is 0.240 e. The van der Waals surface area contributed by atoms with Crippen molar-refractivity contribution in [2.45, 2.75) is 13.8 Å². The number of ether oxygens (including phenoxy) is 2. The molecule has 0 spiro atoms. The van der Waals surface area contributed by atoms with Gasteiger partial charge in [-0.25, -0.2) is 0 Å². The van der Waals surface area contributed by atoms with E-state index < -0.39 is 0 Å². The Labute approximate surface area is 169 Å². The van der Waals surface area contributed by atoms with Crippen molar-refractivity contribution in [3.8, 4) is 11.5 Å². The average Bonchev–Trinajstić information content (AvgIpc) is 2.70. The first-order chi connectivity index (χ1) is 13.9. The van der Waals surface area contributed by atoms with E-state index in [9.17, 15) is 14.4 Å². The zero-order valence-corrected chi connectivity index (χ0v) is 16.7. The van der Waals surface area contributed by atoms with Crippen molar-refractivity contribution in [1.82, 2.24) is 5.32 Å². The van der Waals surface area contributed by atoms with Gasteiger partial charge in [0.1, 0.15) is 24.7 Å². The monoisotopic (exact) mass is 399 g/mol. The Hall–Kier alpha value is -3.55. The van der Waals surface area contributed by atoms with Crippen LogP contribution in [0.2, 0.25) is 0 Å². The van der Waals surface area contributed by atoms with Crippen LogP contribution in [0.5, 0.6) is 11.5 Å². The zero-order chi connectivity index (χ0) is 21.2. The van der Waals surface area contributed by atoms with Crippen LogP contribution >= 0.6 is 0 Å². The summed E-state index contributed by atoms with van der Waals surface area (Å²) in [5.41, 5.74) is 1.18. The molecule has 0 bridgehead atoms. The first-order valence-corrected chi connectivity index (χ1v) is 9.08. The lowest BCUT2D eigenvalue weighted by atomic mass is 10.2. The highest BCUT2D eigenvalue weighted by Gasteiger charge is 2.15. The SMILES string of the molecule is COc1ccc(OCCNC(=O)CN(C(C)=O)c2ccc(NC(C)=O)cc2)cc1. The molecule has 0 aliphatic heterocycles. The van der Waals surface area contributed by atoms with E-state index in [2.05, 4.69) is 10.6 Å². The van der Waals surface area contributed by atoms with Gasteiger partial charge in [-0.1, -0.05) is 0 Å². The van der Waals surface area contributed by atoms with Crippen LogP contribution in [0, 0.1) is 0 Å². The Morgan fingerprint density at radius 3 is 2.10 bits per heavy atom. The number of benzene rings is 2. The third-order valence-electron chi connectivity index (χ3n) is 3.93. The molecule has 3 amide bonds. The molecule has 0 radical (unpaired) electrons. The average molecular weight is 399 g/mol. The topological polar surface area (TPSA) is 97.0 Å². The van der Waals surface area contributed by atoms with Crippen LogP contribution in [0.25, 0.3) is 0 Å². The van der Waals surface area contributed by atoms with E-state index in [4.69, 9.17) is 9.47 Å². The molecule has 8 nitrogen and oxygen atoms in total. The minimum absolute atomic E-state index is 0.114. The summed E-state index contributed by atoms with van der Waals surface area (Å²) in [7, 11) is 1.59. The summed E-state index contributed by atoms with van der Waals surface area (Å²) < 4.78 is 10.6. The molecule has 2 rings (SSSR count). The van der Waals surface area contributed by atoms with Gasteiger partial charge in [-0.3, -0.25) is 14.4 Å². The lowest BCUT2D eigenvalue weighted by molar-refractivity contribution is -0.123. The second kappa shape index (κ2) is 10.7. The molecule has 154 valence electrons. The predicted octanol–water partition coefficient (Wildman–Crippen LogP) is 2.20. The fourth-order valence-electron chi connectivity index (χ4n) is 2.54. The largest absolute Gasteiger partial charge is 0.497 e. The second-order valence-electron chi connectivity index (χ2n) is 6.21. The van der Waals surface area contributed by atoms with Gasteiger partial charge in [0.05, 0.1) is 13.7 Å². The molecule has 2 aromatic rings. The number of hydrogen-bond donors (Lipinski definition) is 2. The quantitative estimate of drug-likeness (QED) is 0.630. The summed E-state index contributed by atoms with van der Waals surface area (Å²) in [6, 6.07) is 13.8. The summed E-state index contributed by atoms with van der Waals surface area (Å²) >= 11 is 0. The molecule has 0 saturated heterocycles. The van der Waals surface area contributed by atoms with Crippen molar-refractivity contribution in [3.05, 3.63) is 48.5 Å². The fourth-order valence-corrected chi connectivity index (χ4v) is 2.54. The van der Waals surface area contributed by atoms with Gasteiger partial charge in [0.25, 0.3) is 0 Å². The Bertz CT molecular complexity index is 834. The van der Waals surface area contributed by atoms with Crippen molar-refractivity contribution in [1.29, 1.82) is 0 Å². The number of carbonyl (C=O) groups excluding carboxylic acids is 3. The molecular weight excluding hydrogens is 374 g/mol. The maximum atomic E-state index is 12.2. The molecule has 29 heavy (non-hydrogen) atoms. The van der Waals surface area contributed by atoms with E-state index in [1.54, 1.807) is 55.6 Å². The standard InChI is InChI=1S/C21H25N3O5/c1-15(25)23-17-4-6-18(7-5-17)24(16(2)26)14-21(27)22-12-13-29-20-10-8-19(28-3)9-11-20/h4-11H,12-14H2,1-3H3,(H,22,27)(H,23,25). The number of carbonyl (C=O) groups is 3. The van der Waals surface area contributed by atoms with Crippen LogP contribution in [0.15, 0.2) is 48.5 Å². The van der Waals surface area contributed by atoms with E-state index in [1.807, 2.05) is 0 Å². The highest BCUT2D eigenvalue weighted by molar-refractivity contribution is 5.97. The maximum Gasteiger partial charge on any atom is 0.240 e. The third-order valence-corrected chi connectivity index (χ3v) is 3.93. The molecule has 0 heterocycles. The minimum atomic E-state index is -0.301. The lowest BCUT2D eigenvalue weighted by Gasteiger charge is -2.21. The van der Waals surface area contributed by atoms with Gasteiger partial charge in [-0.05, 0) is 48.5 Å². The highest BCUT2D eigenvalue weighted by Crippen LogP contribution is 2.18. The third kappa shape index (κ3) is 7.17. The van der Waals surface area contributed by atoms with Gasteiger partial charge in [-0.2, -0.15) is 0 Å².